The Balaban J connectivity index is 0.000000235. The Morgan fingerprint density at radius 1 is 0.589 bits per heavy atom. The van der Waals surface area contributed by atoms with Crippen LogP contribution in [0.3, 0.4) is 0 Å². The van der Waals surface area contributed by atoms with E-state index in [1.165, 1.54) is 52.3 Å². The number of rotatable bonds is 12. The first-order chi connectivity index (χ1) is 34.2. The summed E-state index contributed by atoms with van der Waals surface area (Å²) in [6, 6.07) is 34.6. The number of fused-ring (bicyclic) bond motifs is 2. The molecular weight excluding hydrogens is 1150 g/mol. The third-order valence-electron chi connectivity index (χ3n) is 10.7. The monoisotopic (exact) mass is 1190 g/mol. The molecule has 0 spiro atoms. The van der Waals surface area contributed by atoms with Gasteiger partial charge in [0.15, 0.2) is 5.75 Å². The number of anilines is 2. The molecule has 0 fully saturated rings. The third-order valence-corrected chi connectivity index (χ3v) is 13.3. The maximum Gasteiger partial charge on any atom is 2.00 e. The second kappa shape index (κ2) is 23.6. The van der Waals surface area contributed by atoms with Crippen molar-refractivity contribution in [3.05, 3.63) is 166 Å². The summed E-state index contributed by atoms with van der Waals surface area (Å²) in [6.45, 7) is 2.89. The Kier molecular flexibility index (Phi) is 18.1. The van der Waals surface area contributed by atoms with Gasteiger partial charge in [-0.15, -0.1) is 15.3 Å². The molecule has 4 N–H and O–H groups in total. The molecule has 0 aromatic heterocycles. The molecule has 0 aliphatic rings. The van der Waals surface area contributed by atoms with Crippen LogP contribution in [0.1, 0.15) is 31.8 Å². The van der Waals surface area contributed by atoms with Gasteiger partial charge in [0, 0.05) is 27.7 Å². The average molecular weight is 1190 g/mol. The second-order valence-corrected chi connectivity index (χ2v) is 19.1. The summed E-state index contributed by atoms with van der Waals surface area (Å²) >= 11 is 12.4. The number of hydrogen-bond donors (Lipinski definition) is 4. The molecule has 8 aromatic rings. The van der Waals surface area contributed by atoms with E-state index in [2.05, 4.69) is 31.1 Å². The summed E-state index contributed by atoms with van der Waals surface area (Å²) in [7, 11) is -6.25. The number of nitrogens with one attached hydrogen (secondary N) is 2. The normalized spacial score (nSPS) is 11.5. The second-order valence-electron chi connectivity index (χ2n) is 15.5. The smallest absolute Gasteiger partial charge is 0.870 e. The summed E-state index contributed by atoms with van der Waals surface area (Å²) in [6.07, 6.45) is 0. The Hall–Kier alpha value is -6.41. The van der Waals surface area contributed by atoms with Crippen LogP contribution in [0.2, 0.25) is 10.0 Å². The van der Waals surface area contributed by atoms with Crippen LogP contribution < -0.4 is 25.2 Å². The zero-order valence-corrected chi connectivity index (χ0v) is 46.3. The molecule has 8 rings (SSSR count). The molecule has 0 saturated carbocycles. The van der Waals surface area contributed by atoms with Crippen LogP contribution in [0.15, 0.2) is 164 Å². The van der Waals surface area contributed by atoms with Crippen LogP contribution in [0.25, 0.3) is 21.5 Å². The van der Waals surface area contributed by atoms with E-state index in [0.717, 1.165) is 12.1 Å². The molecular formula is C50H38BaCl2N6O12S2. The van der Waals surface area contributed by atoms with Crippen molar-refractivity contribution in [2.45, 2.75) is 23.6 Å². The summed E-state index contributed by atoms with van der Waals surface area (Å²) in [4.78, 5) is 25.1. The van der Waals surface area contributed by atoms with E-state index in [9.17, 15) is 45.7 Å². The largest absolute Gasteiger partial charge is 2.00 e. The van der Waals surface area contributed by atoms with Gasteiger partial charge in [0.05, 0.1) is 45.3 Å². The predicted octanol–water partition coefficient (Wildman–Crippen LogP) is 11.5. The molecule has 0 atom stereocenters. The maximum absolute atomic E-state index is 13.3. The number of phenols is 1. The van der Waals surface area contributed by atoms with Crippen molar-refractivity contribution in [2.24, 2.45) is 20.5 Å². The molecule has 0 aliphatic heterocycles. The van der Waals surface area contributed by atoms with E-state index in [1.807, 2.05) is 0 Å². The van der Waals surface area contributed by atoms with Gasteiger partial charge in [-0.25, -0.2) is 8.42 Å². The molecule has 0 heterocycles. The Labute approximate surface area is 468 Å². The SMILES string of the molecule is COc1ccc(NC(=O)c2cc3ccccc3c(N=Nc3cc(S(=O)(=O)O)c(C)cc3Cl)c2O)cc1.COc1ccc(NC(=O)c2cc3ccccc3c(N=Nc3cc(S(=O)(=O)[O-])c(C)cc3Cl)c2[O-])cc1.[Ba+2]. The molecule has 73 heavy (non-hydrogen) atoms. The number of aryl methyl sites for hydroxylation is 2. The van der Waals surface area contributed by atoms with Crippen LogP contribution in [0.5, 0.6) is 23.0 Å². The minimum Gasteiger partial charge on any atom is -0.870 e. The number of amides is 2. The van der Waals surface area contributed by atoms with Gasteiger partial charge < -0.3 is 34.9 Å². The molecule has 8 aromatic carbocycles. The number of ether oxygens (including phenoxy) is 2. The number of nitrogens with zero attached hydrogens (tertiary/aromatic N) is 4. The zero-order valence-electron chi connectivity index (χ0n) is 38.7. The molecule has 0 saturated heterocycles. The number of azo groups is 2. The molecule has 18 nitrogen and oxygen atoms in total. The number of halogens is 2. The summed E-state index contributed by atoms with van der Waals surface area (Å²) in [5.41, 5.74) is 0.778. The molecule has 2 amide bonds. The standard InChI is InChI=1S/2C25H20ClN3O6S.Ba/c2*1-14-11-20(26)21(13-22(14)36(32,33)34)28-29-23-18-6-4-3-5-15(18)12-19(24(23)30)25(31)27-16-7-9-17(35-2)10-8-16;/h2*3-13,30H,1-2H3,(H,27,31)(H,32,33,34);/q;;+2/p-2. The quantitative estimate of drug-likeness (QED) is 0.0505. The van der Waals surface area contributed by atoms with Crippen molar-refractivity contribution < 1.29 is 55.2 Å². The minimum atomic E-state index is -4.78. The first kappa shape index (κ1) is 55.9. The topological polar surface area (TPSA) is 281 Å². The minimum absolute atomic E-state index is 0. The van der Waals surface area contributed by atoms with E-state index >= 15 is 0 Å². The summed E-state index contributed by atoms with van der Waals surface area (Å²) < 4.78 is 77.7. The molecule has 0 radical (unpaired) electrons. The van der Waals surface area contributed by atoms with Crippen molar-refractivity contribution in [1.82, 2.24) is 0 Å². The van der Waals surface area contributed by atoms with Gasteiger partial charge in [-0.3, -0.25) is 14.1 Å². The van der Waals surface area contributed by atoms with Crippen LogP contribution in [-0.4, -0.2) is 106 Å². The number of aromatic hydroxyl groups is 1. The van der Waals surface area contributed by atoms with Crippen LogP contribution >= 0.6 is 23.2 Å². The first-order valence-electron chi connectivity index (χ1n) is 20.9. The van der Waals surface area contributed by atoms with Crippen molar-refractivity contribution in [3.63, 3.8) is 0 Å². The van der Waals surface area contributed by atoms with Gasteiger partial charge >= 0.3 is 48.9 Å². The summed E-state index contributed by atoms with van der Waals surface area (Å²) in [5, 5.41) is 48.0. The van der Waals surface area contributed by atoms with E-state index < -0.39 is 48.4 Å². The number of phenolic OH excluding ortho intramolecular Hbond substituents is 1. The van der Waals surface area contributed by atoms with Crippen molar-refractivity contribution >= 4 is 160 Å². The van der Waals surface area contributed by atoms with E-state index in [1.54, 1.807) is 97.1 Å². The maximum atomic E-state index is 13.3. The first-order valence-corrected chi connectivity index (χ1v) is 24.5. The number of benzene rings is 8. The van der Waals surface area contributed by atoms with Gasteiger partial charge in [-0.2, -0.15) is 13.5 Å². The fourth-order valence-electron chi connectivity index (χ4n) is 7.11. The van der Waals surface area contributed by atoms with Crippen LogP contribution in [-0.2, 0) is 20.2 Å². The van der Waals surface area contributed by atoms with Crippen molar-refractivity contribution in [2.75, 3.05) is 24.9 Å². The van der Waals surface area contributed by atoms with Gasteiger partial charge in [0.25, 0.3) is 21.9 Å². The number of methoxy groups -OCH3 is 2. The van der Waals surface area contributed by atoms with Crippen LogP contribution in [0.4, 0.5) is 34.1 Å². The fourth-order valence-corrected chi connectivity index (χ4v) is 9.05. The molecule has 23 heteroatoms. The van der Waals surface area contributed by atoms with Gasteiger partial charge in [0.1, 0.15) is 38.7 Å². The average Bonchev–Trinajstić information content (AvgIpc) is 3.34. The Bertz CT molecular complexity index is 3490. The van der Waals surface area contributed by atoms with E-state index in [-0.39, 0.29) is 109 Å². The van der Waals surface area contributed by atoms with E-state index in [0.29, 0.717) is 44.4 Å². The van der Waals surface area contributed by atoms with Gasteiger partial charge in [0.2, 0.25) is 0 Å². The van der Waals surface area contributed by atoms with Gasteiger partial charge in [-0.1, -0.05) is 77.5 Å². The summed E-state index contributed by atoms with van der Waals surface area (Å²) in [5.74, 6) is -1.13. The molecule has 0 unspecified atom stereocenters. The number of hydrogen-bond acceptors (Lipinski definition) is 15. The Morgan fingerprint density at radius 2 is 1.00 bits per heavy atom. The molecule has 0 aliphatic carbocycles. The fraction of sp³-hybridized carbons (Fsp3) is 0.0800. The van der Waals surface area contributed by atoms with Gasteiger partial charge in [-0.05, 0) is 121 Å². The van der Waals surface area contributed by atoms with Crippen molar-refractivity contribution in [3.8, 4) is 23.0 Å². The van der Waals surface area contributed by atoms with E-state index in [4.69, 9.17) is 32.7 Å². The number of carbonyl (C=O) groups is 2. The number of carbonyl (C=O) groups excluding carboxylic acids is 2. The van der Waals surface area contributed by atoms with Crippen LogP contribution in [0, 0.1) is 13.8 Å². The molecule has 0 bridgehead atoms. The molecule has 368 valence electrons. The Morgan fingerprint density at radius 3 is 1.47 bits per heavy atom. The van der Waals surface area contributed by atoms with Crippen molar-refractivity contribution in [1.29, 1.82) is 0 Å². The zero-order chi connectivity index (χ0) is 52.1. The third kappa shape index (κ3) is 13.2. The predicted molar refractivity (Wildman–Crippen MR) is 275 cm³/mol.